The first-order valence-electron chi connectivity index (χ1n) is 12.0. The van der Waals surface area contributed by atoms with Crippen LogP contribution in [0.5, 0.6) is 0 Å². The maximum atomic E-state index is 13.1. The Balaban J connectivity index is 1.58. The fraction of sp³-hybridized carbons (Fsp3) is 0.407. The fourth-order valence-electron chi connectivity index (χ4n) is 4.32. The largest absolute Gasteiger partial charge is 0.464 e. The maximum Gasteiger partial charge on any atom is 0.329 e. The van der Waals surface area contributed by atoms with Crippen LogP contribution in [-0.4, -0.2) is 60.9 Å². The third-order valence-corrected chi connectivity index (χ3v) is 6.27. The summed E-state index contributed by atoms with van der Waals surface area (Å²) in [4.78, 5) is 53.9. The first-order valence-corrected chi connectivity index (χ1v) is 12.0. The van der Waals surface area contributed by atoms with Gasteiger partial charge in [0.1, 0.15) is 6.04 Å². The van der Waals surface area contributed by atoms with E-state index < -0.39 is 12.0 Å². The molecule has 1 heterocycles. The molecule has 0 aliphatic carbocycles. The van der Waals surface area contributed by atoms with Crippen molar-refractivity contribution in [2.75, 3.05) is 25.1 Å². The van der Waals surface area contributed by atoms with E-state index in [2.05, 4.69) is 5.32 Å². The quantitative estimate of drug-likeness (QED) is 0.528. The molecule has 35 heavy (non-hydrogen) atoms. The molecule has 0 radical (unpaired) electrons. The molecule has 8 nitrogen and oxygen atoms in total. The normalized spacial score (nSPS) is 15.2. The van der Waals surface area contributed by atoms with E-state index >= 15 is 0 Å². The first kappa shape index (κ1) is 25.9. The van der Waals surface area contributed by atoms with Crippen molar-refractivity contribution in [2.24, 2.45) is 0 Å². The van der Waals surface area contributed by atoms with E-state index in [1.54, 1.807) is 31.0 Å². The van der Waals surface area contributed by atoms with Gasteiger partial charge in [0.05, 0.1) is 19.6 Å². The van der Waals surface area contributed by atoms with Gasteiger partial charge in [-0.3, -0.25) is 19.3 Å². The number of para-hydroxylation sites is 1. The smallest absolute Gasteiger partial charge is 0.329 e. The topological polar surface area (TPSA) is 96.0 Å². The maximum absolute atomic E-state index is 13.1. The van der Waals surface area contributed by atoms with Crippen LogP contribution in [0, 0.1) is 0 Å². The van der Waals surface area contributed by atoms with Crippen molar-refractivity contribution >= 4 is 29.4 Å². The molecule has 3 rings (SSSR count). The number of esters is 1. The molecule has 2 aromatic rings. The molecule has 0 saturated heterocycles. The monoisotopic (exact) mass is 479 g/mol. The lowest BCUT2D eigenvalue weighted by Gasteiger charge is -2.27. The van der Waals surface area contributed by atoms with Crippen LogP contribution in [0.25, 0.3) is 0 Å². The number of ether oxygens (including phenoxy) is 1. The van der Waals surface area contributed by atoms with Gasteiger partial charge in [0, 0.05) is 31.6 Å². The van der Waals surface area contributed by atoms with E-state index in [1.807, 2.05) is 49.4 Å². The van der Waals surface area contributed by atoms with Crippen molar-refractivity contribution < 1.29 is 23.9 Å². The number of carbonyl (C=O) groups is 4. The molecular weight excluding hydrogens is 446 g/mol. The second kappa shape index (κ2) is 12.1. The average Bonchev–Trinajstić information content (AvgIpc) is 3.26. The molecule has 2 atom stereocenters. The van der Waals surface area contributed by atoms with Gasteiger partial charge in [-0.15, -0.1) is 0 Å². The summed E-state index contributed by atoms with van der Waals surface area (Å²) in [6.45, 7) is 3.61. The number of carbonyl (C=O) groups excluding carboxylic acids is 4. The van der Waals surface area contributed by atoms with Crippen molar-refractivity contribution in [1.29, 1.82) is 0 Å². The van der Waals surface area contributed by atoms with Gasteiger partial charge in [0.25, 0.3) is 0 Å². The Morgan fingerprint density at radius 2 is 1.74 bits per heavy atom. The van der Waals surface area contributed by atoms with Crippen molar-refractivity contribution in [2.45, 2.75) is 51.6 Å². The number of likely N-dealkylation sites (N-methyl/N-ethyl adjacent to an activating group) is 1. The predicted molar refractivity (Wildman–Crippen MR) is 133 cm³/mol. The Hall–Kier alpha value is -3.68. The third kappa shape index (κ3) is 6.47. The second-order valence-corrected chi connectivity index (χ2v) is 8.57. The molecule has 3 amide bonds. The molecular formula is C27H33N3O5. The molecule has 186 valence electrons. The SMILES string of the molecule is CCOC(=O)C1Cc2ccccc2N1C(=O)CNC(=O)CC(CC)N(C)C(=O)Cc1ccccc1. The molecule has 2 aromatic carbocycles. The molecule has 0 fully saturated rings. The molecule has 0 spiro atoms. The van der Waals surface area contributed by atoms with Crippen LogP contribution < -0.4 is 10.2 Å². The summed E-state index contributed by atoms with van der Waals surface area (Å²) >= 11 is 0. The second-order valence-electron chi connectivity index (χ2n) is 8.57. The van der Waals surface area contributed by atoms with Crippen molar-refractivity contribution in [1.82, 2.24) is 10.2 Å². The number of hydrogen-bond acceptors (Lipinski definition) is 5. The van der Waals surface area contributed by atoms with Crippen LogP contribution >= 0.6 is 0 Å². The summed E-state index contributed by atoms with van der Waals surface area (Å²) in [7, 11) is 1.70. The van der Waals surface area contributed by atoms with Gasteiger partial charge in [-0.1, -0.05) is 55.5 Å². The van der Waals surface area contributed by atoms with Gasteiger partial charge in [0.15, 0.2) is 0 Å². The highest BCUT2D eigenvalue weighted by Crippen LogP contribution is 2.32. The van der Waals surface area contributed by atoms with Crippen LogP contribution in [0.2, 0.25) is 0 Å². The Labute approximate surface area is 206 Å². The molecule has 1 aliphatic heterocycles. The van der Waals surface area contributed by atoms with E-state index in [9.17, 15) is 19.2 Å². The van der Waals surface area contributed by atoms with Gasteiger partial charge in [0.2, 0.25) is 17.7 Å². The van der Waals surface area contributed by atoms with E-state index in [-0.39, 0.29) is 49.8 Å². The lowest BCUT2D eigenvalue weighted by molar-refractivity contribution is -0.145. The third-order valence-electron chi connectivity index (χ3n) is 6.27. The molecule has 0 saturated carbocycles. The Bertz CT molecular complexity index is 1060. The van der Waals surface area contributed by atoms with Gasteiger partial charge in [-0.2, -0.15) is 0 Å². The van der Waals surface area contributed by atoms with Gasteiger partial charge < -0.3 is 15.0 Å². The number of rotatable bonds is 10. The van der Waals surface area contributed by atoms with Crippen LogP contribution in [0.15, 0.2) is 54.6 Å². The minimum absolute atomic E-state index is 0.0714. The minimum Gasteiger partial charge on any atom is -0.464 e. The highest BCUT2D eigenvalue weighted by atomic mass is 16.5. The lowest BCUT2D eigenvalue weighted by atomic mass is 10.1. The number of anilines is 1. The Kier molecular flexibility index (Phi) is 9.00. The van der Waals surface area contributed by atoms with Crippen LogP contribution in [0.1, 0.15) is 37.8 Å². The van der Waals surface area contributed by atoms with Crippen molar-refractivity contribution in [3.63, 3.8) is 0 Å². The van der Waals surface area contributed by atoms with Crippen molar-refractivity contribution in [3.8, 4) is 0 Å². The van der Waals surface area contributed by atoms with Crippen molar-refractivity contribution in [3.05, 3.63) is 65.7 Å². The highest BCUT2D eigenvalue weighted by Gasteiger charge is 2.39. The fourth-order valence-corrected chi connectivity index (χ4v) is 4.32. The predicted octanol–water partition coefficient (Wildman–Crippen LogP) is 2.49. The number of fused-ring (bicyclic) bond motifs is 1. The molecule has 0 bridgehead atoms. The van der Waals surface area contributed by atoms with E-state index in [0.29, 0.717) is 18.5 Å². The Morgan fingerprint density at radius 1 is 1.06 bits per heavy atom. The van der Waals surface area contributed by atoms with E-state index in [1.165, 1.54) is 4.90 Å². The van der Waals surface area contributed by atoms with Crippen LogP contribution in [0.4, 0.5) is 5.69 Å². The standard InChI is InChI=1S/C27H33N3O5/c1-4-21(29(3)25(32)15-19-11-7-6-8-12-19)17-24(31)28-18-26(33)30-22-14-10-9-13-20(22)16-23(30)27(34)35-5-2/h6-14,21,23H,4-5,15-18H2,1-3H3,(H,28,31). The summed E-state index contributed by atoms with van der Waals surface area (Å²) < 4.78 is 5.16. The number of nitrogens with zero attached hydrogens (tertiary/aromatic N) is 2. The first-order chi connectivity index (χ1) is 16.8. The zero-order valence-electron chi connectivity index (χ0n) is 20.5. The highest BCUT2D eigenvalue weighted by molar-refractivity contribution is 6.04. The van der Waals surface area contributed by atoms with E-state index in [4.69, 9.17) is 4.74 Å². The molecule has 0 aromatic heterocycles. The minimum atomic E-state index is -0.748. The number of amides is 3. The molecule has 2 unspecified atom stereocenters. The lowest BCUT2D eigenvalue weighted by Crippen LogP contribution is -2.48. The zero-order chi connectivity index (χ0) is 25.4. The van der Waals surface area contributed by atoms with Crippen LogP contribution in [-0.2, 0) is 36.8 Å². The summed E-state index contributed by atoms with van der Waals surface area (Å²) in [5.41, 5.74) is 2.45. The molecule has 1 aliphatic rings. The van der Waals surface area contributed by atoms with E-state index in [0.717, 1.165) is 11.1 Å². The molecule has 8 heteroatoms. The average molecular weight is 480 g/mol. The van der Waals surface area contributed by atoms with Gasteiger partial charge >= 0.3 is 5.97 Å². The van der Waals surface area contributed by atoms with Gasteiger partial charge in [-0.25, -0.2) is 4.79 Å². The summed E-state index contributed by atoms with van der Waals surface area (Å²) in [5.74, 6) is -1.25. The zero-order valence-corrected chi connectivity index (χ0v) is 20.5. The van der Waals surface area contributed by atoms with Gasteiger partial charge in [-0.05, 0) is 30.5 Å². The number of benzene rings is 2. The summed E-state index contributed by atoms with van der Waals surface area (Å²) in [6.07, 6.45) is 1.32. The summed E-state index contributed by atoms with van der Waals surface area (Å²) in [6, 6.07) is 15.7. The molecule has 1 N–H and O–H groups in total. The summed E-state index contributed by atoms with van der Waals surface area (Å²) in [5, 5.41) is 2.67. The Morgan fingerprint density at radius 3 is 2.43 bits per heavy atom. The number of nitrogens with one attached hydrogen (secondary N) is 1. The van der Waals surface area contributed by atoms with Crippen LogP contribution in [0.3, 0.4) is 0 Å². The number of hydrogen-bond donors (Lipinski definition) is 1.